The highest BCUT2D eigenvalue weighted by Gasteiger charge is 2.30. The lowest BCUT2D eigenvalue weighted by Crippen LogP contribution is -2.47. The Labute approximate surface area is 143 Å². The standard InChI is InChI=1S/C18H26N2O4/c1-12-5-6-16(23-3)15(11-12)19-17(21)13(2)20-9-7-14(8-10-20)18(22)24-4/h5-6,11,13-14H,7-10H2,1-4H3,(H,19,21)/t13-/m0/s1. The number of likely N-dealkylation sites (tertiary alicyclic amines) is 1. The van der Waals surface area contributed by atoms with Crippen LogP contribution in [0.1, 0.15) is 25.3 Å². The lowest BCUT2D eigenvalue weighted by Gasteiger charge is -2.34. The number of anilines is 1. The van der Waals surface area contributed by atoms with Crippen LogP contribution in [0.2, 0.25) is 0 Å². The van der Waals surface area contributed by atoms with Gasteiger partial charge in [-0.3, -0.25) is 14.5 Å². The van der Waals surface area contributed by atoms with E-state index in [4.69, 9.17) is 9.47 Å². The average molecular weight is 334 g/mol. The zero-order chi connectivity index (χ0) is 17.7. The molecule has 0 unspecified atom stereocenters. The maximum absolute atomic E-state index is 12.6. The summed E-state index contributed by atoms with van der Waals surface area (Å²) in [6.07, 6.45) is 1.44. The van der Waals surface area contributed by atoms with Crippen molar-refractivity contribution in [2.75, 3.05) is 32.6 Å². The van der Waals surface area contributed by atoms with Gasteiger partial charge in [0.25, 0.3) is 0 Å². The predicted octanol–water partition coefficient (Wildman–Crippen LogP) is 2.22. The van der Waals surface area contributed by atoms with Crippen LogP contribution < -0.4 is 10.1 Å². The van der Waals surface area contributed by atoms with Crippen molar-refractivity contribution in [1.82, 2.24) is 4.90 Å². The van der Waals surface area contributed by atoms with Crippen molar-refractivity contribution in [3.05, 3.63) is 23.8 Å². The molecule has 2 rings (SSSR count). The first kappa shape index (κ1) is 18.3. The van der Waals surface area contributed by atoms with E-state index >= 15 is 0 Å². The van der Waals surface area contributed by atoms with Gasteiger partial charge in [-0.05, 0) is 57.5 Å². The van der Waals surface area contributed by atoms with Crippen molar-refractivity contribution in [3.8, 4) is 5.75 Å². The van der Waals surface area contributed by atoms with Gasteiger partial charge in [0.2, 0.25) is 5.91 Å². The molecule has 0 spiro atoms. The Kier molecular flexibility index (Phi) is 6.20. The summed E-state index contributed by atoms with van der Waals surface area (Å²) >= 11 is 0. The molecule has 24 heavy (non-hydrogen) atoms. The van der Waals surface area contributed by atoms with Crippen molar-refractivity contribution in [3.63, 3.8) is 0 Å². The number of carbonyl (C=O) groups is 2. The smallest absolute Gasteiger partial charge is 0.308 e. The zero-order valence-corrected chi connectivity index (χ0v) is 14.8. The van der Waals surface area contributed by atoms with E-state index in [1.807, 2.05) is 32.0 Å². The Morgan fingerprint density at radius 1 is 1.25 bits per heavy atom. The van der Waals surface area contributed by atoms with E-state index in [-0.39, 0.29) is 23.8 Å². The lowest BCUT2D eigenvalue weighted by molar-refractivity contribution is -0.147. The Bertz CT molecular complexity index is 595. The van der Waals surface area contributed by atoms with Crippen LogP contribution in [0, 0.1) is 12.8 Å². The molecule has 1 aliphatic rings. The molecule has 1 aromatic rings. The molecular weight excluding hydrogens is 308 g/mol. The molecule has 6 nitrogen and oxygen atoms in total. The van der Waals surface area contributed by atoms with Crippen LogP contribution in [0.4, 0.5) is 5.69 Å². The molecule has 1 aliphatic heterocycles. The highest BCUT2D eigenvalue weighted by atomic mass is 16.5. The SMILES string of the molecule is COC(=O)C1CCN([C@@H](C)C(=O)Nc2cc(C)ccc2OC)CC1. The van der Waals surface area contributed by atoms with Gasteiger partial charge in [-0.2, -0.15) is 0 Å². The van der Waals surface area contributed by atoms with Crippen LogP contribution in [-0.2, 0) is 14.3 Å². The molecule has 1 saturated heterocycles. The molecule has 132 valence electrons. The minimum atomic E-state index is -0.270. The van der Waals surface area contributed by atoms with E-state index in [1.165, 1.54) is 7.11 Å². The molecule has 1 atom stereocenters. The van der Waals surface area contributed by atoms with Gasteiger partial charge in [-0.25, -0.2) is 0 Å². The maximum atomic E-state index is 12.6. The molecule has 6 heteroatoms. The number of esters is 1. The Balaban J connectivity index is 1.96. The second-order valence-electron chi connectivity index (χ2n) is 6.20. The van der Waals surface area contributed by atoms with Crippen LogP contribution in [0.3, 0.4) is 0 Å². The third kappa shape index (κ3) is 4.26. The first-order chi connectivity index (χ1) is 11.5. The Hall–Kier alpha value is -2.08. The summed E-state index contributed by atoms with van der Waals surface area (Å²) < 4.78 is 10.1. The average Bonchev–Trinajstić information content (AvgIpc) is 2.60. The highest BCUT2D eigenvalue weighted by molar-refractivity contribution is 5.96. The number of ether oxygens (including phenoxy) is 2. The van der Waals surface area contributed by atoms with Crippen LogP contribution in [0.5, 0.6) is 5.75 Å². The fraction of sp³-hybridized carbons (Fsp3) is 0.556. The maximum Gasteiger partial charge on any atom is 0.308 e. The number of benzene rings is 1. The first-order valence-electron chi connectivity index (χ1n) is 8.23. The van der Waals surface area contributed by atoms with Crippen molar-refractivity contribution < 1.29 is 19.1 Å². The molecular formula is C18H26N2O4. The summed E-state index contributed by atoms with van der Waals surface area (Å²) in [6.45, 7) is 5.27. The van der Waals surface area contributed by atoms with Crippen molar-refractivity contribution in [1.29, 1.82) is 0 Å². The van der Waals surface area contributed by atoms with E-state index in [2.05, 4.69) is 10.2 Å². The fourth-order valence-electron chi connectivity index (χ4n) is 3.01. The van der Waals surface area contributed by atoms with E-state index in [9.17, 15) is 9.59 Å². The third-order valence-electron chi connectivity index (χ3n) is 4.60. The first-order valence-corrected chi connectivity index (χ1v) is 8.23. The number of methoxy groups -OCH3 is 2. The second-order valence-corrected chi connectivity index (χ2v) is 6.20. The van der Waals surface area contributed by atoms with Crippen LogP contribution >= 0.6 is 0 Å². The van der Waals surface area contributed by atoms with E-state index in [0.717, 1.165) is 18.4 Å². The topological polar surface area (TPSA) is 67.9 Å². The monoisotopic (exact) mass is 334 g/mol. The van der Waals surface area contributed by atoms with Crippen molar-refractivity contribution >= 4 is 17.6 Å². The van der Waals surface area contributed by atoms with Gasteiger partial charge in [-0.15, -0.1) is 0 Å². The molecule has 1 heterocycles. The number of rotatable bonds is 5. The molecule has 0 aromatic heterocycles. The normalized spacial score (nSPS) is 17.2. The number of amides is 1. The van der Waals surface area contributed by atoms with Gasteiger partial charge in [0.05, 0.1) is 31.9 Å². The number of piperidine rings is 1. The third-order valence-corrected chi connectivity index (χ3v) is 4.60. The lowest BCUT2D eigenvalue weighted by atomic mass is 9.96. The van der Waals surface area contributed by atoms with E-state index in [1.54, 1.807) is 7.11 Å². The largest absolute Gasteiger partial charge is 0.495 e. The minimum Gasteiger partial charge on any atom is -0.495 e. The van der Waals surface area contributed by atoms with Gasteiger partial charge >= 0.3 is 5.97 Å². The van der Waals surface area contributed by atoms with Gasteiger partial charge in [0, 0.05) is 0 Å². The molecule has 1 fully saturated rings. The number of carbonyl (C=O) groups excluding carboxylic acids is 2. The van der Waals surface area contributed by atoms with Gasteiger partial charge in [0.1, 0.15) is 5.75 Å². The fourth-order valence-corrected chi connectivity index (χ4v) is 3.01. The van der Waals surface area contributed by atoms with Crippen LogP contribution in [-0.4, -0.2) is 50.1 Å². The Morgan fingerprint density at radius 3 is 2.50 bits per heavy atom. The zero-order valence-electron chi connectivity index (χ0n) is 14.8. The second kappa shape index (κ2) is 8.15. The van der Waals surface area contributed by atoms with Crippen LogP contribution in [0.15, 0.2) is 18.2 Å². The summed E-state index contributed by atoms with van der Waals surface area (Å²) in [6, 6.07) is 5.41. The summed E-state index contributed by atoms with van der Waals surface area (Å²) in [7, 11) is 3.00. The van der Waals surface area contributed by atoms with Gasteiger partial charge in [0.15, 0.2) is 0 Å². The molecule has 1 amide bonds. The van der Waals surface area contributed by atoms with E-state index in [0.29, 0.717) is 24.5 Å². The van der Waals surface area contributed by atoms with Crippen molar-refractivity contribution in [2.45, 2.75) is 32.7 Å². The van der Waals surface area contributed by atoms with Crippen LogP contribution in [0.25, 0.3) is 0 Å². The molecule has 0 bridgehead atoms. The van der Waals surface area contributed by atoms with Gasteiger partial charge < -0.3 is 14.8 Å². The summed E-state index contributed by atoms with van der Waals surface area (Å²) in [4.78, 5) is 26.2. The number of aryl methyl sites for hydroxylation is 1. The number of nitrogens with one attached hydrogen (secondary N) is 1. The molecule has 0 aliphatic carbocycles. The minimum absolute atomic E-state index is 0.0571. The molecule has 1 aromatic carbocycles. The van der Waals surface area contributed by atoms with Gasteiger partial charge in [-0.1, -0.05) is 6.07 Å². The molecule has 0 saturated carbocycles. The Morgan fingerprint density at radius 2 is 1.92 bits per heavy atom. The molecule has 0 radical (unpaired) electrons. The number of hydrogen-bond donors (Lipinski definition) is 1. The summed E-state index contributed by atoms with van der Waals surface area (Å²) in [5.74, 6) is 0.357. The summed E-state index contributed by atoms with van der Waals surface area (Å²) in [5, 5.41) is 2.95. The number of nitrogens with zero attached hydrogens (tertiary/aromatic N) is 1. The van der Waals surface area contributed by atoms with E-state index < -0.39 is 0 Å². The number of hydrogen-bond acceptors (Lipinski definition) is 5. The van der Waals surface area contributed by atoms with Crippen molar-refractivity contribution in [2.24, 2.45) is 5.92 Å². The summed E-state index contributed by atoms with van der Waals surface area (Å²) in [5.41, 5.74) is 1.73. The predicted molar refractivity (Wildman–Crippen MR) is 92.1 cm³/mol. The highest BCUT2D eigenvalue weighted by Crippen LogP contribution is 2.26. The quantitative estimate of drug-likeness (QED) is 0.836. The molecule has 1 N–H and O–H groups in total.